The molecule has 0 aliphatic carbocycles. The van der Waals surface area contributed by atoms with Crippen LogP contribution in [0.25, 0.3) is 123 Å². The maximum atomic E-state index is 5.28. The highest BCUT2D eigenvalue weighted by Crippen LogP contribution is 2.40. The Labute approximate surface area is 392 Å². The fourth-order valence-electron chi connectivity index (χ4n) is 9.69. The van der Waals surface area contributed by atoms with E-state index < -0.39 is 0 Å². The molecular weight excluding hydrogens is 829 g/mol. The zero-order valence-electron chi connectivity index (χ0n) is 36.8. The summed E-state index contributed by atoms with van der Waals surface area (Å²) in [6.45, 7) is 0. The lowest BCUT2D eigenvalue weighted by Gasteiger charge is -2.12. The van der Waals surface area contributed by atoms with Crippen LogP contribution in [0.4, 0.5) is 0 Å². The van der Waals surface area contributed by atoms with E-state index in [2.05, 4.69) is 215 Å². The predicted octanol–water partition coefficient (Wildman–Crippen LogP) is 15.5. The molecule has 0 radical (unpaired) electrons. The average Bonchev–Trinajstić information content (AvgIpc) is 3.93. The summed E-state index contributed by atoms with van der Waals surface area (Å²) < 4.78 is 4.61. The Morgan fingerprint density at radius 1 is 0.235 bits per heavy atom. The monoisotopic (exact) mass is 868 g/mol. The predicted molar refractivity (Wildman–Crippen MR) is 279 cm³/mol. The van der Waals surface area contributed by atoms with Crippen LogP contribution in [0, 0.1) is 0 Å². The van der Waals surface area contributed by atoms with Crippen LogP contribution in [0.5, 0.6) is 0 Å². The number of rotatable bonds is 8. The number of benzene rings is 9. The first-order valence-corrected chi connectivity index (χ1v) is 22.9. The van der Waals surface area contributed by atoms with Crippen LogP contribution in [0.15, 0.2) is 243 Å². The van der Waals surface area contributed by atoms with Crippen LogP contribution < -0.4 is 0 Å². The van der Waals surface area contributed by atoms with Gasteiger partial charge in [-0.2, -0.15) is 9.97 Å². The number of nitrogens with zero attached hydrogens (tertiary/aromatic N) is 6. The number of hydrogen-bond donors (Lipinski definition) is 0. The van der Waals surface area contributed by atoms with E-state index in [-0.39, 0.29) is 0 Å². The van der Waals surface area contributed by atoms with Crippen molar-refractivity contribution in [2.45, 2.75) is 0 Å². The van der Waals surface area contributed by atoms with Crippen molar-refractivity contribution in [1.29, 1.82) is 0 Å². The zero-order valence-corrected chi connectivity index (χ0v) is 36.8. The molecule has 0 bridgehead atoms. The highest BCUT2D eigenvalue weighted by Gasteiger charge is 2.21. The molecule has 0 saturated carbocycles. The third-order valence-electron chi connectivity index (χ3n) is 13.0. The molecule has 0 aliphatic rings. The van der Waals surface area contributed by atoms with E-state index in [1.807, 2.05) is 36.4 Å². The largest absolute Gasteiger partial charge is 0.309 e. The first kappa shape index (κ1) is 39.1. The molecule has 13 aromatic rings. The maximum Gasteiger partial charge on any atom is 0.238 e. The molecule has 0 N–H and O–H groups in total. The van der Waals surface area contributed by atoms with Gasteiger partial charge in [0.25, 0.3) is 0 Å². The van der Waals surface area contributed by atoms with Crippen LogP contribution in [-0.2, 0) is 0 Å². The lowest BCUT2D eigenvalue weighted by molar-refractivity contribution is 0.954. The summed E-state index contributed by atoms with van der Waals surface area (Å²) >= 11 is 0. The van der Waals surface area contributed by atoms with Gasteiger partial charge in [-0.3, -0.25) is 4.57 Å². The van der Waals surface area contributed by atoms with E-state index in [0.29, 0.717) is 17.6 Å². The van der Waals surface area contributed by atoms with Gasteiger partial charge >= 0.3 is 0 Å². The minimum Gasteiger partial charge on any atom is -0.309 e. The quantitative estimate of drug-likeness (QED) is 0.153. The molecule has 4 aromatic heterocycles. The van der Waals surface area contributed by atoms with Crippen LogP contribution in [0.1, 0.15) is 0 Å². The number of pyridine rings is 1. The Kier molecular flexibility index (Phi) is 9.39. The van der Waals surface area contributed by atoms with Gasteiger partial charge in [0.05, 0.1) is 33.5 Å². The fourth-order valence-corrected chi connectivity index (χ4v) is 9.69. The molecule has 0 saturated heterocycles. The summed E-state index contributed by atoms with van der Waals surface area (Å²) in [7, 11) is 0. The summed E-state index contributed by atoms with van der Waals surface area (Å²) in [6, 6.07) is 85.2. The normalized spacial score (nSPS) is 11.5. The van der Waals surface area contributed by atoms with Gasteiger partial charge in [-0.15, -0.1) is 0 Å². The third-order valence-corrected chi connectivity index (χ3v) is 13.0. The molecule has 0 aliphatic heterocycles. The van der Waals surface area contributed by atoms with Crippen molar-refractivity contribution in [3.63, 3.8) is 0 Å². The van der Waals surface area contributed by atoms with E-state index in [1.54, 1.807) is 0 Å². The molecule has 6 heteroatoms. The average molecular weight is 869 g/mol. The number of fused-ring (bicyclic) bond motifs is 6. The van der Waals surface area contributed by atoms with Gasteiger partial charge in [-0.25, -0.2) is 9.97 Å². The van der Waals surface area contributed by atoms with Crippen molar-refractivity contribution in [2.75, 3.05) is 0 Å². The standard InChI is InChI=1S/C62H40N6/c1-5-17-41(18-6-1)42-29-31-47(32-30-42)61-64-60(46-23-11-4-12-24-46)65-62(66-61)68-57-28-16-14-26-51(57)53-39-58-52(40-59(53)68)50-25-13-15-27-56(50)67(58)49-35-33-43(34-36-49)48-37-54(44-19-7-2-8-20-44)63-55(38-48)45-21-9-3-10-22-45/h1-40H. The lowest BCUT2D eigenvalue weighted by atomic mass is 10.00. The SMILES string of the molecule is c1ccc(-c2ccc(-c3nc(-c4ccccc4)nc(-n4c5ccccc5c5cc6c(cc54)c4ccccc4n6-c4ccc(-c5cc(-c6ccccc6)nc(-c6ccccc6)c5)cc4)n3)cc2)cc1. The van der Waals surface area contributed by atoms with Crippen molar-refractivity contribution in [2.24, 2.45) is 0 Å². The van der Waals surface area contributed by atoms with Crippen LogP contribution in [0.3, 0.4) is 0 Å². The van der Waals surface area contributed by atoms with Crippen molar-refractivity contribution < 1.29 is 0 Å². The molecule has 0 spiro atoms. The minimum atomic E-state index is 0.563. The Balaban J connectivity index is 0.970. The molecule has 318 valence electrons. The molecule has 0 atom stereocenters. The molecule has 9 aromatic carbocycles. The molecule has 68 heavy (non-hydrogen) atoms. The van der Waals surface area contributed by atoms with Gasteiger partial charge in [0.15, 0.2) is 11.6 Å². The molecule has 13 rings (SSSR count). The second-order valence-corrected chi connectivity index (χ2v) is 17.1. The van der Waals surface area contributed by atoms with Gasteiger partial charge in [-0.1, -0.05) is 194 Å². The number of para-hydroxylation sites is 2. The minimum absolute atomic E-state index is 0.563. The summed E-state index contributed by atoms with van der Waals surface area (Å²) in [5.74, 6) is 1.79. The summed E-state index contributed by atoms with van der Waals surface area (Å²) in [4.78, 5) is 20.7. The maximum absolute atomic E-state index is 5.28. The molecule has 4 heterocycles. The highest BCUT2D eigenvalue weighted by atomic mass is 15.2. The molecule has 0 fully saturated rings. The molecule has 0 amide bonds. The number of aromatic nitrogens is 6. The van der Waals surface area contributed by atoms with Gasteiger partial charge in [0.2, 0.25) is 5.95 Å². The Morgan fingerprint density at radius 3 is 1.16 bits per heavy atom. The summed E-state index contributed by atoms with van der Waals surface area (Å²) in [6.07, 6.45) is 0. The van der Waals surface area contributed by atoms with Crippen LogP contribution in [-0.4, -0.2) is 29.1 Å². The van der Waals surface area contributed by atoms with E-state index >= 15 is 0 Å². The molecular formula is C62H40N6. The van der Waals surface area contributed by atoms with Crippen molar-refractivity contribution in [3.8, 4) is 79.2 Å². The second kappa shape index (κ2) is 16.3. The van der Waals surface area contributed by atoms with Gasteiger partial charge in [0, 0.05) is 49.5 Å². The van der Waals surface area contributed by atoms with Gasteiger partial charge < -0.3 is 4.57 Å². The summed E-state index contributed by atoms with van der Waals surface area (Å²) in [5, 5.41) is 4.54. The Bertz CT molecular complexity index is 3920. The second-order valence-electron chi connectivity index (χ2n) is 17.1. The molecule has 0 unspecified atom stereocenters. The Morgan fingerprint density at radius 2 is 0.618 bits per heavy atom. The summed E-state index contributed by atoms with van der Waals surface area (Å²) in [5.41, 5.74) is 15.8. The smallest absolute Gasteiger partial charge is 0.238 e. The van der Waals surface area contributed by atoms with E-state index in [1.165, 1.54) is 5.39 Å². The van der Waals surface area contributed by atoms with Gasteiger partial charge in [0.1, 0.15) is 0 Å². The Hall–Kier alpha value is -9.26. The fraction of sp³-hybridized carbons (Fsp3) is 0. The van der Waals surface area contributed by atoms with E-state index in [4.69, 9.17) is 19.9 Å². The van der Waals surface area contributed by atoms with Crippen LogP contribution >= 0.6 is 0 Å². The first-order chi connectivity index (χ1) is 33.7. The third kappa shape index (κ3) is 6.82. The van der Waals surface area contributed by atoms with E-state index in [0.717, 1.165) is 99.8 Å². The van der Waals surface area contributed by atoms with Crippen molar-refractivity contribution in [1.82, 2.24) is 29.1 Å². The topological polar surface area (TPSA) is 61.4 Å². The van der Waals surface area contributed by atoms with Gasteiger partial charge in [-0.05, 0) is 70.8 Å². The van der Waals surface area contributed by atoms with Crippen LogP contribution in [0.2, 0.25) is 0 Å². The lowest BCUT2D eigenvalue weighted by Crippen LogP contribution is -2.06. The number of hydrogen-bond acceptors (Lipinski definition) is 4. The zero-order chi connectivity index (χ0) is 45.0. The van der Waals surface area contributed by atoms with Crippen molar-refractivity contribution >= 4 is 43.6 Å². The van der Waals surface area contributed by atoms with E-state index in [9.17, 15) is 0 Å². The van der Waals surface area contributed by atoms with Crippen molar-refractivity contribution in [3.05, 3.63) is 243 Å². The molecule has 6 nitrogen and oxygen atoms in total. The highest BCUT2D eigenvalue weighted by molar-refractivity contribution is 6.19. The first-order valence-electron chi connectivity index (χ1n) is 22.9.